The van der Waals surface area contributed by atoms with Crippen molar-refractivity contribution in [3.05, 3.63) is 84.3 Å². The molecular formula is C33H40N8O3. The fourth-order valence-corrected chi connectivity index (χ4v) is 5.24. The van der Waals surface area contributed by atoms with E-state index in [2.05, 4.69) is 47.6 Å². The van der Waals surface area contributed by atoms with Gasteiger partial charge in [0.15, 0.2) is 0 Å². The van der Waals surface area contributed by atoms with E-state index in [1.165, 1.54) is 5.56 Å². The van der Waals surface area contributed by atoms with Crippen LogP contribution in [0.4, 0.5) is 11.6 Å². The monoisotopic (exact) mass is 596 g/mol. The molecule has 1 aliphatic heterocycles. The average Bonchev–Trinajstić information content (AvgIpc) is 3.05. The van der Waals surface area contributed by atoms with Crippen LogP contribution in [-0.2, 0) is 17.6 Å². The summed E-state index contributed by atoms with van der Waals surface area (Å²) in [6.07, 6.45) is 13.8. The molecule has 0 aliphatic carbocycles. The van der Waals surface area contributed by atoms with E-state index in [1.54, 1.807) is 31.0 Å². The third kappa shape index (κ3) is 8.93. The molecule has 0 saturated heterocycles. The van der Waals surface area contributed by atoms with Gasteiger partial charge in [-0.1, -0.05) is 6.07 Å². The summed E-state index contributed by atoms with van der Waals surface area (Å²) in [7, 11) is 0. The van der Waals surface area contributed by atoms with E-state index < -0.39 is 12.0 Å². The second kappa shape index (κ2) is 15.7. The molecule has 4 aromatic heterocycles. The van der Waals surface area contributed by atoms with E-state index in [1.807, 2.05) is 31.2 Å². The van der Waals surface area contributed by atoms with Crippen molar-refractivity contribution in [1.82, 2.24) is 29.8 Å². The van der Waals surface area contributed by atoms with E-state index in [-0.39, 0.29) is 0 Å². The zero-order chi connectivity index (χ0) is 30.6. The van der Waals surface area contributed by atoms with Crippen LogP contribution >= 0.6 is 0 Å². The van der Waals surface area contributed by atoms with Gasteiger partial charge >= 0.3 is 5.97 Å². The molecular weight excluding hydrogens is 556 g/mol. The summed E-state index contributed by atoms with van der Waals surface area (Å²) >= 11 is 0. The highest BCUT2D eigenvalue weighted by atomic mass is 16.5. The number of ether oxygens (including phenoxy) is 1. The Labute approximate surface area is 258 Å². The molecule has 11 nitrogen and oxygen atoms in total. The van der Waals surface area contributed by atoms with Crippen LogP contribution in [0.1, 0.15) is 42.6 Å². The fourth-order valence-electron chi connectivity index (χ4n) is 5.24. The topological polar surface area (TPSA) is 138 Å². The quantitative estimate of drug-likeness (QED) is 0.156. The van der Waals surface area contributed by atoms with Crippen molar-refractivity contribution in [3.8, 4) is 17.0 Å². The summed E-state index contributed by atoms with van der Waals surface area (Å²) < 4.78 is 6.03. The van der Waals surface area contributed by atoms with Gasteiger partial charge in [-0.15, -0.1) is 0 Å². The highest BCUT2D eigenvalue weighted by Gasteiger charge is 2.20. The van der Waals surface area contributed by atoms with Gasteiger partial charge in [-0.3, -0.25) is 19.9 Å². The van der Waals surface area contributed by atoms with Crippen LogP contribution in [-0.4, -0.2) is 79.7 Å². The predicted octanol–water partition coefficient (Wildman–Crippen LogP) is 4.65. The molecule has 5 rings (SSSR count). The number of anilines is 2. The number of nitrogens with zero attached hydrogens (tertiary/aromatic N) is 6. The third-order valence-corrected chi connectivity index (χ3v) is 7.70. The number of fused-ring (bicyclic) bond motifs is 1. The van der Waals surface area contributed by atoms with Gasteiger partial charge in [0.1, 0.15) is 30.0 Å². The number of unbranched alkanes of at least 4 members (excludes halogenated alkanes) is 1. The summed E-state index contributed by atoms with van der Waals surface area (Å²) in [4.78, 5) is 36.5. The molecule has 3 N–H and O–H groups in total. The molecule has 0 radical (unpaired) electrons. The molecule has 0 saturated carbocycles. The molecule has 0 fully saturated rings. The Morgan fingerprint density at radius 3 is 2.77 bits per heavy atom. The van der Waals surface area contributed by atoms with Gasteiger partial charge in [0.05, 0.1) is 23.8 Å². The normalized spacial score (nSPS) is 13.1. The molecule has 1 atom stereocenters. The van der Waals surface area contributed by atoms with Crippen molar-refractivity contribution in [2.45, 2.75) is 51.5 Å². The zero-order valence-corrected chi connectivity index (χ0v) is 25.2. The average molecular weight is 597 g/mol. The lowest BCUT2D eigenvalue weighted by Gasteiger charge is -2.25. The van der Waals surface area contributed by atoms with Gasteiger partial charge in [-0.05, 0) is 87.9 Å². The van der Waals surface area contributed by atoms with Crippen LogP contribution in [0.25, 0.3) is 11.3 Å². The largest absolute Gasteiger partial charge is 0.490 e. The minimum Gasteiger partial charge on any atom is -0.490 e. The van der Waals surface area contributed by atoms with Gasteiger partial charge in [0, 0.05) is 49.5 Å². The van der Waals surface area contributed by atoms with Crippen molar-refractivity contribution in [3.63, 3.8) is 0 Å². The summed E-state index contributed by atoms with van der Waals surface area (Å²) in [5.41, 5.74) is 4.75. The number of carboxylic acids is 1. The van der Waals surface area contributed by atoms with E-state index in [0.29, 0.717) is 37.6 Å². The van der Waals surface area contributed by atoms with Crippen molar-refractivity contribution in [2.75, 3.05) is 43.4 Å². The van der Waals surface area contributed by atoms with Crippen LogP contribution < -0.4 is 15.4 Å². The summed E-state index contributed by atoms with van der Waals surface area (Å²) in [5, 5.41) is 16.5. The molecule has 0 amide bonds. The maximum Gasteiger partial charge on any atom is 0.326 e. The second-order valence-electron chi connectivity index (χ2n) is 10.9. The minimum absolute atomic E-state index is 0.389. The number of nitrogens with one attached hydrogen (secondary N) is 2. The first-order valence-corrected chi connectivity index (χ1v) is 15.3. The molecule has 0 spiro atoms. The van der Waals surface area contributed by atoms with E-state index in [9.17, 15) is 9.90 Å². The van der Waals surface area contributed by atoms with Crippen molar-refractivity contribution < 1.29 is 14.6 Å². The van der Waals surface area contributed by atoms with Crippen LogP contribution in [0.15, 0.2) is 67.4 Å². The van der Waals surface area contributed by atoms with Gasteiger partial charge in [0.2, 0.25) is 0 Å². The standard InChI is InChI=1S/C33H40N8O3/c1-24-30(8-5-14-36-24)44-21-20-41(18-3-2-7-27-10-9-26-6-4-15-37-32(26)38-27)19-13-28(33(42)43)39-31-23-35-22-29(40-31)25-11-16-34-17-12-25/h5,8-12,14,16-17,22-23,28H,2-4,6-7,13,15,18-21H2,1H3,(H,37,38)(H,39,40)(H,42,43)/t28-/m0/s1. The lowest BCUT2D eigenvalue weighted by atomic mass is 10.1. The number of hydrogen-bond acceptors (Lipinski definition) is 10. The lowest BCUT2D eigenvalue weighted by molar-refractivity contribution is -0.138. The Hall–Kier alpha value is -4.64. The van der Waals surface area contributed by atoms with Crippen LogP contribution in [0, 0.1) is 6.92 Å². The SMILES string of the molecule is Cc1ncccc1OCCN(CCCCc1ccc2c(n1)NCCC2)CC[C@H](Nc1cncc(-c2ccncc2)n1)C(=O)O. The Bertz CT molecular complexity index is 1500. The first-order chi connectivity index (χ1) is 21.5. The van der Waals surface area contributed by atoms with Gasteiger partial charge in [-0.25, -0.2) is 14.8 Å². The van der Waals surface area contributed by atoms with Crippen molar-refractivity contribution in [2.24, 2.45) is 0 Å². The fraction of sp³-hybridized carbons (Fsp3) is 0.394. The Morgan fingerprint density at radius 1 is 1.05 bits per heavy atom. The highest BCUT2D eigenvalue weighted by Crippen LogP contribution is 2.21. The number of carboxylic acid groups (broad SMARTS) is 1. The molecule has 4 aromatic rings. The first kappa shape index (κ1) is 30.8. The van der Waals surface area contributed by atoms with Crippen LogP contribution in [0.3, 0.4) is 0 Å². The number of carbonyl (C=O) groups is 1. The Kier molecular flexibility index (Phi) is 11.0. The van der Waals surface area contributed by atoms with E-state index in [4.69, 9.17) is 9.72 Å². The van der Waals surface area contributed by atoms with Crippen molar-refractivity contribution in [1.29, 1.82) is 0 Å². The Balaban J connectivity index is 1.17. The number of rotatable bonds is 16. The lowest BCUT2D eigenvalue weighted by Crippen LogP contribution is -2.37. The predicted molar refractivity (Wildman–Crippen MR) is 170 cm³/mol. The molecule has 44 heavy (non-hydrogen) atoms. The number of pyridine rings is 3. The molecule has 11 heteroatoms. The highest BCUT2D eigenvalue weighted by molar-refractivity contribution is 5.77. The number of hydrogen-bond donors (Lipinski definition) is 3. The number of aliphatic carboxylic acids is 1. The zero-order valence-electron chi connectivity index (χ0n) is 25.2. The van der Waals surface area contributed by atoms with Crippen LogP contribution in [0.2, 0.25) is 0 Å². The second-order valence-corrected chi connectivity index (χ2v) is 10.9. The molecule has 230 valence electrons. The summed E-state index contributed by atoms with van der Waals surface area (Å²) in [6.45, 7) is 5.45. The molecule has 1 aliphatic rings. The maximum atomic E-state index is 12.2. The molecule has 5 heterocycles. The van der Waals surface area contributed by atoms with E-state index in [0.717, 1.165) is 73.7 Å². The van der Waals surface area contributed by atoms with Gasteiger partial charge in [0.25, 0.3) is 0 Å². The smallest absolute Gasteiger partial charge is 0.326 e. The third-order valence-electron chi connectivity index (χ3n) is 7.70. The van der Waals surface area contributed by atoms with Crippen molar-refractivity contribution >= 4 is 17.6 Å². The Morgan fingerprint density at radius 2 is 1.93 bits per heavy atom. The first-order valence-electron chi connectivity index (χ1n) is 15.3. The van der Waals surface area contributed by atoms with Gasteiger partial charge < -0.3 is 20.5 Å². The number of aryl methyl sites for hydroxylation is 3. The number of aromatic nitrogens is 5. The summed E-state index contributed by atoms with van der Waals surface area (Å²) in [5.74, 6) is 1.27. The molecule has 0 aromatic carbocycles. The molecule has 0 unspecified atom stereocenters. The minimum atomic E-state index is -0.935. The van der Waals surface area contributed by atoms with Crippen LogP contribution in [0.5, 0.6) is 5.75 Å². The van der Waals surface area contributed by atoms with E-state index >= 15 is 0 Å². The maximum absolute atomic E-state index is 12.2. The molecule has 0 bridgehead atoms. The summed E-state index contributed by atoms with van der Waals surface area (Å²) in [6, 6.07) is 11.0. The van der Waals surface area contributed by atoms with Gasteiger partial charge in [-0.2, -0.15) is 0 Å².